The lowest BCUT2D eigenvalue weighted by Gasteiger charge is -2.27. The number of carbonyl (C=O) groups is 1. The van der Waals surface area contributed by atoms with Crippen molar-refractivity contribution in [2.24, 2.45) is 0 Å². The lowest BCUT2D eigenvalue weighted by Crippen LogP contribution is -2.38. The zero-order valence-corrected chi connectivity index (χ0v) is 15.3. The SMILES string of the molecule is CCc1cc(=O)n2nc(NCC(=O)N3CCc4sccc4C3)sc2n1. The number of fused-ring (bicyclic) bond motifs is 2. The van der Waals surface area contributed by atoms with Crippen molar-refractivity contribution >= 4 is 38.7 Å². The topological polar surface area (TPSA) is 79.6 Å². The molecular weight excluding hydrogens is 358 g/mol. The van der Waals surface area contributed by atoms with Gasteiger partial charge in [-0.3, -0.25) is 9.59 Å². The van der Waals surface area contributed by atoms with Crippen LogP contribution in [-0.2, 0) is 24.2 Å². The molecule has 0 spiro atoms. The van der Waals surface area contributed by atoms with Crippen molar-refractivity contribution in [2.45, 2.75) is 26.3 Å². The third-order valence-electron chi connectivity index (χ3n) is 4.21. The van der Waals surface area contributed by atoms with E-state index in [1.807, 2.05) is 11.8 Å². The van der Waals surface area contributed by atoms with Crippen LogP contribution in [0.15, 0.2) is 22.3 Å². The van der Waals surface area contributed by atoms with Crippen LogP contribution in [0.25, 0.3) is 4.96 Å². The van der Waals surface area contributed by atoms with E-state index < -0.39 is 0 Å². The number of amides is 1. The maximum absolute atomic E-state index is 12.4. The van der Waals surface area contributed by atoms with Crippen LogP contribution in [0.4, 0.5) is 5.13 Å². The van der Waals surface area contributed by atoms with E-state index in [4.69, 9.17) is 0 Å². The molecule has 3 aromatic heterocycles. The fourth-order valence-electron chi connectivity index (χ4n) is 2.83. The second kappa shape index (κ2) is 6.57. The molecule has 4 heterocycles. The minimum absolute atomic E-state index is 0.0330. The number of aromatic nitrogens is 3. The summed E-state index contributed by atoms with van der Waals surface area (Å²) in [6, 6.07) is 3.58. The summed E-state index contributed by atoms with van der Waals surface area (Å²) in [6.07, 6.45) is 1.61. The van der Waals surface area contributed by atoms with Gasteiger partial charge in [0.15, 0.2) is 0 Å². The third kappa shape index (κ3) is 3.16. The highest BCUT2D eigenvalue weighted by atomic mass is 32.1. The zero-order valence-electron chi connectivity index (χ0n) is 13.7. The summed E-state index contributed by atoms with van der Waals surface area (Å²) in [5.41, 5.74) is 1.79. The van der Waals surface area contributed by atoms with Crippen molar-refractivity contribution < 1.29 is 4.79 Å². The molecule has 1 amide bonds. The summed E-state index contributed by atoms with van der Waals surface area (Å²) < 4.78 is 1.27. The Morgan fingerprint density at radius 2 is 2.32 bits per heavy atom. The van der Waals surface area contributed by atoms with Gasteiger partial charge in [-0.1, -0.05) is 18.3 Å². The van der Waals surface area contributed by atoms with E-state index >= 15 is 0 Å². The molecule has 0 aliphatic carbocycles. The Labute approximate surface area is 151 Å². The molecule has 3 aromatic rings. The Bertz CT molecular complexity index is 990. The average molecular weight is 375 g/mol. The van der Waals surface area contributed by atoms with Gasteiger partial charge in [0, 0.05) is 29.7 Å². The molecule has 9 heteroatoms. The van der Waals surface area contributed by atoms with Gasteiger partial charge in [0.05, 0.1) is 6.54 Å². The van der Waals surface area contributed by atoms with Crippen LogP contribution >= 0.6 is 22.7 Å². The number of hydrogen-bond donors (Lipinski definition) is 1. The molecule has 1 N–H and O–H groups in total. The van der Waals surface area contributed by atoms with Gasteiger partial charge in [0.25, 0.3) is 5.56 Å². The molecule has 0 bridgehead atoms. The highest BCUT2D eigenvalue weighted by Gasteiger charge is 2.21. The normalized spacial score (nSPS) is 13.9. The van der Waals surface area contributed by atoms with Crippen LogP contribution in [0.3, 0.4) is 0 Å². The van der Waals surface area contributed by atoms with Crippen molar-refractivity contribution in [3.63, 3.8) is 0 Å². The Kier molecular flexibility index (Phi) is 4.26. The quantitative estimate of drug-likeness (QED) is 0.752. The highest BCUT2D eigenvalue weighted by molar-refractivity contribution is 7.20. The largest absolute Gasteiger partial charge is 0.351 e. The van der Waals surface area contributed by atoms with E-state index in [0.29, 0.717) is 23.1 Å². The molecule has 0 atom stereocenters. The fourth-order valence-corrected chi connectivity index (χ4v) is 4.54. The minimum Gasteiger partial charge on any atom is -0.351 e. The van der Waals surface area contributed by atoms with Gasteiger partial charge in [-0.25, -0.2) is 4.98 Å². The Morgan fingerprint density at radius 3 is 3.16 bits per heavy atom. The van der Waals surface area contributed by atoms with E-state index in [2.05, 4.69) is 26.8 Å². The first-order valence-electron chi connectivity index (χ1n) is 8.10. The van der Waals surface area contributed by atoms with E-state index in [1.54, 1.807) is 11.3 Å². The first-order chi connectivity index (χ1) is 12.1. The van der Waals surface area contributed by atoms with Gasteiger partial charge in [0.1, 0.15) is 0 Å². The predicted octanol–water partition coefficient (Wildman–Crippen LogP) is 1.77. The summed E-state index contributed by atoms with van der Waals surface area (Å²) in [5.74, 6) is 0.0330. The summed E-state index contributed by atoms with van der Waals surface area (Å²) >= 11 is 3.03. The molecule has 25 heavy (non-hydrogen) atoms. The van der Waals surface area contributed by atoms with Crippen molar-refractivity contribution in [3.8, 4) is 0 Å². The van der Waals surface area contributed by atoms with E-state index in [1.165, 1.54) is 32.4 Å². The predicted molar refractivity (Wildman–Crippen MR) is 98.4 cm³/mol. The van der Waals surface area contributed by atoms with E-state index in [-0.39, 0.29) is 18.0 Å². The second-order valence-corrected chi connectivity index (χ2v) is 7.79. The molecule has 0 radical (unpaired) electrons. The number of aryl methyl sites for hydroxylation is 1. The molecule has 1 aliphatic heterocycles. The monoisotopic (exact) mass is 375 g/mol. The molecule has 130 valence electrons. The van der Waals surface area contributed by atoms with Gasteiger partial charge in [-0.05, 0) is 29.9 Å². The van der Waals surface area contributed by atoms with Crippen LogP contribution in [-0.4, -0.2) is 38.5 Å². The maximum Gasteiger partial charge on any atom is 0.275 e. The van der Waals surface area contributed by atoms with Gasteiger partial charge in [-0.15, -0.1) is 16.4 Å². The lowest BCUT2D eigenvalue weighted by atomic mass is 10.1. The summed E-state index contributed by atoms with van der Waals surface area (Å²) in [7, 11) is 0. The van der Waals surface area contributed by atoms with Gasteiger partial charge in [0.2, 0.25) is 16.0 Å². The van der Waals surface area contributed by atoms with Crippen LogP contribution in [0.5, 0.6) is 0 Å². The first-order valence-corrected chi connectivity index (χ1v) is 9.80. The molecular formula is C16H17N5O2S2. The smallest absolute Gasteiger partial charge is 0.275 e. The van der Waals surface area contributed by atoms with Crippen LogP contribution in [0.1, 0.15) is 23.1 Å². The van der Waals surface area contributed by atoms with Crippen molar-refractivity contribution in [3.05, 3.63) is 44.0 Å². The van der Waals surface area contributed by atoms with Crippen LogP contribution in [0.2, 0.25) is 0 Å². The zero-order chi connectivity index (χ0) is 17.4. The molecule has 4 rings (SSSR count). The van der Waals surface area contributed by atoms with Crippen molar-refractivity contribution in [1.29, 1.82) is 0 Å². The highest BCUT2D eigenvalue weighted by Crippen LogP contribution is 2.24. The Hall–Kier alpha value is -2.26. The maximum atomic E-state index is 12.4. The Balaban J connectivity index is 1.44. The van der Waals surface area contributed by atoms with Gasteiger partial charge < -0.3 is 10.2 Å². The van der Waals surface area contributed by atoms with E-state index in [9.17, 15) is 9.59 Å². The van der Waals surface area contributed by atoms with Gasteiger partial charge >= 0.3 is 0 Å². The van der Waals surface area contributed by atoms with Crippen molar-refractivity contribution in [1.82, 2.24) is 19.5 Å². The fraction of sp³-hybridized carbons (Fsp3) is 0.375. The summed E-state index contributed by atoms with van der Waals surface area (Å²) in [5, 5.41) is 9.85. The molecule has 0 unspecified atom stereocenters. The van der Waals surface area contributed by atoms with E-state index in [0.717, 1.165) is 18.7 Å². The molecule has 0 saturated carbocycles. The van der Waals surface area contributed by atoms with Gasteiger partial charge in [-0.2, -0.15) is 4.52 Å². The van der Waals surface area contributed by atoms with Crippen LogP contribution in [0, 0.1) is 0 Å². The average Bonchev–Trinajstić information content (AvgIpc) is 3.25. The second-order valence-electron chi connectivity index (χ2n) is 5.83. The van der Waals surface area contributed by atoms with Crippen molar-refractivity contribution in [2.75, 3.05) is 18.4 Å². The number of anilines is 1. The Morgan fingerprint density at radius 1 is 1.44 bits per heavy atom. The number of nitrogens with zero attached hydrogens (tertiary/aromatic N) is 4. The minimum atomic E-state index is -0.196. The molecule has 0 aromatic carbocycles. The number of rotatable bonds is 4. The molecule has 7 nitrogen and oxygen atoms in total. The molecule has 0 fully saturated rings. The molecule has 0 saturated heterocycles. The number of hydrogen-bond acceptors (Lipinski definition) is 7. The lowest BCUT2D eigenvalue weighted by molar-refractivity contribution is -0.130. The first kappa shape index (κ1) is 16.2. The summed E-state index contributed by atoms with van der Waals surface area (Å²) in [4.78, 5) is 32.6. The standard InChI is InChI=1S/C16H17N5O2S2/c1-2-11-7-13(22)21-16(18-11)25-15(19-21)17-8-14(23)20-5-3-12-10(9-20)4-6-24-12/h4,6-7H,2-3,5,8-9H2,1H3,(H,17,19). The number of thiophene rings is 1. The number of nitrogens with one attached hydrogen (secondary N) is 1. The third-order valence-corrected chi connectivity index (χ3v) is 6.10. The summed E-state index contributed by atoms with van der Waals surface area (Å²) in [6.45, 7) is 3.53. The molecule has 1 aliphatic rings. The van der Waals surface area contributed by atoms with Crippen LogP contribution < -0.4 is 10.9 Å². The number of carbonyl (C=O) groups excluding carboxylic acids is 1.